The van der Waals surface area contributed by atoms with Crippen LogP contribution in [-0.2, 0) is 4.79 Å². The van der Waals surface area contributed by atoms with E-state index >= 15 is 0 Å². The van der Waals surface area contributed by atoms with Crippen molar-refractivity contribution >= 4 is 5.91 Å². The number of hydrogen-bond acceptors (Lipinski definition) is 3. The second-order valence-electron chi connectivity index (χ2n) is 3.83. The van der Waals surface area contributed by atoms with Crippen molar-refractivity contribution in [3.63, 3.8) is 0 Å². The molecule has 2 unspecified atom stereocenters. The largest absolute Gasteiger partial charge is 0.338 e. The molecule has 1 aliphatic heterocycles. The fourth-order valence-corrected chi connectivity index (χ4v) is 1.55. The van der Waals surface area contributed by atoms with Crippen LogP contribution in [0.1, 0.15) is 13.8 Å². The van der Waals surface area contributed by atoms with Gasteiger partial charge in [-0.15, -0.1) is 0 Å². The maximum absolute atomic E-state index is 13.1. The van der Waals surface area contributed by atoms with Crippen molar-refractivity contribution in [1.29, 1.82) is 0 Å². The molecule has 0 aromatic heterocycles. The van der Waals surface area contributed by atoms with E-state index in [9.17, 15) is 13.6 Å². The molecule has 0 saturated carbocycles. The number of rotatable bonds is 3. The molecule has 0 aromatic carbocycles. The van der Waals surface area contributed by atoms with Crippen molar-refractivity contribution in [3.05, 3.63) is 0 Å². The molecule has 4 nitrogen and oxygen atoms in total. The quantitative estimate of drug-likeness (QED) is 0.387. The van der Waals surface area contributed by atoms with Crippen LogP contribution >= 0.6 is 0 Å². The van der Waals surface area contributed by atoms with Crippen molar-refractivity contribution in [2.24, 2.45) is 11.8 Å². The molecule has 1 saturated heterocycles. The van der Waals surface area contributed by atoms with E-state index in [4.69, 9.17) is 0 Å². The molecule has 3 N–H and O–H groups in total. The predicted octanol–water partition coefficient (Wildman–Crippen LogP) is -0.0482. The molecule has 0 radical (unpaired) electrons. The number of amides is 1. The van der Waals surface area contributed by atoms with Gasteiger partial charge in [0.25, 0.3) is 0 Å². The van der Waals surface area contributed by atoms with Crippen LogP contribution in [0, 0.1) is 5.92 Å². The number of carbonyl (C=O) groups excluding carboxylic acids is 1. The monoisotopic (exact) mass is 207 g/mol. The lowest BCUT2D eigenvalue weighted by Gasteiger charge is -2.45. The number of alkyl halides is 2. The van der Waals surface area contributed by atoms with Gasteiger partial charge in [-0.25, -0.2) is 5.84 Å². The predicted molar refractivity (Wildman–Crippen MR) is 47.5 cm³/mol. The lowest BCUT2D eigenvalue weighted by atomic mass is 9.91. The fraction of sp³-hybridized carbons (Fsp3) is 0.875. The topological polar surface area (TPSA) is 58.4 Å². The summed E-state index contributed by atoms with van der Waals surface area (Å²) >= 11 is 0. The normalized spacial score (nSPS) is 28.4. The van der Waals surface area contributed by atoms with Crippen LogP contribution in [0.5, 0.6) is 0 Å². The minimum atomic E-state index is -3.40. The molecule has 1 amide bonds. The van der Waals surface area contributed by atoms with Crippen LogP contribution in [0.2, 0.25) is 0 Å². The van der Waals surface area contributed by atoms with Gasteiger partial charge >= 0.3 is 11.8 Å². The van der Waals surface area contributed by atoms with E-state index in [-0.39, 0.29) is 6.04 Å². The van der Waals surface area contributed by atoms with Crippen molar-refractivity contribution in [1.82, 2.24) is 10.3 Å². The Balaban J connectivity index is 2.48. The minimum Gasteiger partial charge on any atom is -0.294 e. The highest BCUT2D eigenvalue weighted by Crippen LogP contribution is 2.27. The van der Waals surface area contributed by atoms with Crippen LogP contribution in [0.25, 0.3) is 0 Å². The minimum absolute atomic E-state index is 0.103. The third-order valence-electron chi connectivity index (χ3n) is 2.79. The van der Waals surface area contributed by atoms with Gasteiger partial charge in [0.05, 0.1) is 6.54 Å². The Labute approximate surface area is 81.4 Å². The molecule has 1 rings (SSSR count). The lowest BCUT2D eigenvalue weighted by Crippen LogP contribution is -2.59. The smallest absolute Gasteiger partial charge is 0.294 e. The Morgan fingerprint density at radius 3 is 2.57 bits per heavy atom. The summed E-state index contributed by atoms with van der Waals surface area (Å²) in [6.45, 7) is 3.91. The average Bonchev–Trinajstić information content (AvgIpc) is 2.15. The molecule has 1 aliphatic rings. The van der Waals surface area contributed by atoms with Gasteiger partial charge in [0.2, 0.25) is 0 Å². The first-order valence-electron chi connectivity index (χ1n) is 4.51. The Bertz CT molecular complexity index is 235. The van der Waals surface area contributed by atoms with Gasteiger partial charge < -0.3 is 0 Å². The fourth-order valence-electron chi connectivity index (χ4n) is 1.55. The molecular weight excluding hydrogens is 192 g/mol. The van der Waals surface area contributed by atoms with E-state index in [1.54, 1.807) is 4.90 Å². The number of hydrazine groups is 1. The summed E-state index contributed by atoms with van der Waals surface area (Å²) in [5, 5.41) is 0. The van der Waals surface area contributed by atoms with Crippen molar-refractivity contribution in [2.45, 2.75) is 25.8 Å². The van der Waals surface area contributed by atoms with E-state index in [1.807, 2.05) is 13.8 Å². The van der Waals surface area contributed by atoms with Crippen LogP contribution in [0.4, 0.5) is 8.78 Å². The molecule has 6 heteroatoms. The number of nitrogens with zero attached hydrogens (tertiary/aromatic N) is 1. The van der Waals surface area contributed by atoms with Crippen molar-refractivity contribution in [2.75, 3.05) is 13.1 Å². The molecule has 0 spiro atoms. The molecule has 0 aliphatic carbocycles. The Morgan fingerprint density at radius 1 is 1.64 bits per heavy atom. The van der Waals surface area contributed by atoms with Crippen molar-refractivity contribution in [3.8, 4) is 0 Å². The first-order valence-corrected chi connectivity index (χ1v) is 4.51. The number of carbonyl (C=O) groups is 1. The second-order valence-corrected chi connectivity index (χ2v) is 3.83. The Morgan fingerprint density at radius 2 is 2.21 bits per heavy atom. The summed E-state index contributed by atoms with van der Waals surface area (Å²) in [6.07, 6.45) is 0. The zero-order chi connectivity index (χ0) is 10.9. The molecule has 0 bridgehead atoms. The highest BCUT2D eigenvalue weighted by molar-refractivity contribution is 5.83. The number of nitrogens with one attached hydrogen (secondary N) is 1. The SMILES string of the molecule is CC1CN(CC(F)(F)C(=O)NN)C1C. The van der Waals surface area contributed by atoms with Gasteiger partial charge in [-0.3, -0.25) is 15.1 Å². The zero-order valence-corrected chi connectivity index (χ0v) is 8.26. The van der Waals surface area contributed by atoms with E-state index in [0.717, 1.165) is 0 Å². The van der Waals surface area contributed by atoms with Crippen LogP contribution in [0.3, 0.4) is 0 Å². The molecule has 14 heavy (non-hydrogen) atoms. The summed E-state index contributed by atoms with van der Waals surface area (Å²) in [5.74, 6) is 0.240. The van der Waals surface area contributed by atoms with Crippen LogP contribution in [-0.4, -0.2) is 35.9 Å². The maximum Gasteiger partial charge on any atom is 0.338 e. The van der Waals surface area contributed by atoms with Crippen molar-refractivity contribution < 1.29 is 13.6 Å². The summed E-state index contributed by atoms with van der Waals surface area (Å²) in [7, 11) is 0. The first-order chi connectivity index (χ1) is 6.38. The molecule has 1 fully saturated rings. The number of likely N-dealkylation sites (tertiary alicyclic amines) is 1. The highest BCUT2D eigenvalue weighted by atomic mass is 19.3. The van der Waals surface area contributed by atoms with E-state index in [2.05, 4.69) is 5.84 Å². The van der Waals surface area contributed by atoms with Crippen LogP contribution < -0.4 is 11.3 Å². The van der Waals surface area contributed by atoms with E-state index in [1.165, 1.54) is 5.43 Å². The molecule has 2 atom stereocenters. The number of hydrogen-bond donors (Lipinski definition) is 2. The summed E-state index contributed by atoms with van der Waals surface area (Å²) < 4.78 is 26.1. The first kappa shape index (κ1) is 11.3. The molecule has 0 aromatic rings. The van der Waals surface area contributed by atoms with E-state index in [0.29, 0.717) is 12.5 Å². The second kappa shape index (κ2) is 3.78. The van der Waals surface area contributed by atoms with Crippen LogP contribution in [0.15, 0.2) is 0 Å². The van der Waals surface area contributed by atoms with Gasteiger partial charge in [0.15, 0.2) is 0 Å². The maximum atomic E-state index is 13.1. The standard InChI is InChI=1S/C8H15F2N3O/c1-5-3-13(6(5)2)4-8(9,10)7(14)12-11/h5-6H,3-4,11H2,1-2H3,(H,12,14). The number of halogens is 2. The Hall–Kier alpha value is -0.750. The Kier molecular flexibility index (Phi) is 3.06. The molecule has 82 valence electrons. The van der Waals surface area contributed by atoms with Gasteiger partial charge in [0, 0.05) is 12.6 Å². The van der Waals surface area contributed by atoms with Gasteiger partial charge in [-0.1, -0.05) is 6.92 Å². The van der Waals surface area contributed by atoms with Gasteiger partial charge in [-0.05, 0) is 12.8 Å². The zero-order valence-electron chi connectivity index (χ0n) is 8.26. The number of nitrogens with two attached hydrogens (primary N) is 1. The molecular formula is C8H15F2N3O. The molecule has 1 heterocycles. The highest BCUT2D eigenvalue weighted by Gasteiger charge is 2.44. The van der Waals surface area contributed by atoms with E-state index < -0.39 is 18.4 Å². The third kappa shape index (κ3) is 2.01. The lowest BCUT2D eigenvalue weighted by molar-refractivity contribution is -0.153. The summed E-state index contributed by atoms with van der Waals surface area (Å²) in [5.41, 5.74) is 1.47. The van der Waals surface area contributed by atoms with Gasteiger partial charge in [0.1, 0.15) is 0 Å². The third-order valence-corrected chi connectivity index (χ3v) is 2.79. The summed E-state index contributed by atoms with van der Waals surface area (Å²) in [6, 6.07) is 0.103. The van der Waals surface area contributed by atoms with Gasteiger partial charge in [-0.2, -0.15) is 8.78 Å². The summed E-state index contributed by atoms with van der Waals surface area (Å²) in [4.78, 5) is 12.3. The average molecular weight is 207 g/mol.